The number of likely N-dealkylation sites (tertiary alicyclic amines) is 1. The Morgan fingerprint density at radius 1 is 0.914 bits per heavy atom. The van der Waals surface area contributed by atoms with Crippen LogP contribution in [0.2, 0.25) is 0 Å². The van der Waals surface area contributed by atoms with Crippen molar-refractivity contribution >= 4 is 11.7 Å². The van der Waals surface area contributed by atoms with Gasteiger partial charge in [0, 0.05) is 44.0 Å². The van der Waals surface area contributed by atoms with Crippen LogP contribution in [0.3, 0.4) is 0 Å². The van der Waals surface area contributed by atoms with Crippen LogP contribution in [0.4, 0.5) is 10.5 Å². The molecule has 5 rings (SSSR count). The fourth-order valence-electron chi connectivity index (χ4n) is 5.40. The fraction of sp³-hybridized carbons (Fsp3) is 0.345. The van der Waals surface area contributed by atoms with Crippen molar-refractivity contribution in [3.05, 3.63) is 95.1 Å². The van der Waals surface area contributed by atoms with Gasteiger partial charge in [-0.25, -0.2) is 4.79 Å². The Balaban J connectivity index is 1.34. The van der Waals surface area contributed by atoms with Gasteiger partial charge in [0.05, 0.1) is 19.8 Å². The van der Waals surface area contributed by atoms with Gasteiger partial charge in [-0.1, -0.05) is 54.6 Å². The minimum Gasteiger partial charge on any atom is -0.497 e. The van der Waals surface area contributed by atoms with E-state index in [1.54, 1.807) is 14.2 Å². The zero-order valence-corrected chi connectivity index (χ0v) is 20.4. The molecule has 1 fully saturated rings. The lowest BCUT2D eigenvalue weighted by atomic mass is 9.90. The van der Waals surface area contributed by atoms with E-state index in [4.69, 9.17) is 9.47 Å². The zero-order valence-electron chi connectivity index (χ0n) is 20.4. The Labute approximate surface area is 207 Å². The summed E-state index contributed by atoms with van der Waals surface area (Å²) in [4.78, 5) is 18.0. The lowest BCUT2D eigenvalue weighted by Gasteiger charge is -2.45. The van der Waals surface area contributed by atoms with E-state index in [9.17, 15) is 4.79 Å². The van der Waals surface area contributed by atoms with Gasteiger partial charge in [-0.15, -0.1) is 0 Å². The SMILES string of the molecule is COCc1cccc(CN2CCC(N3C(=O)Nc4ccccc4C3c3ccc(OC)cc3)CC2)c1. The number of amides is 2. The molecule has 1 N–H and O–H groups in total. The van der Waals surface area contributed by atoms with Crippen LogP contribution < -0.4 is 10.1 Å². The molecule has 1 unspecified atom stereocenters. The first-order valence-corrected chi connectivity index (χ1v) is 12.3. The zero-order chi connectivity index (χ0) is 24.2. The highest BCUT2D eigenvalue weighted by molar-refractivity contribution is 5.94. The smallest absolute Gasteiger partial charge is 0.322 e. The van der Waals surface area contributed by atoms with Crippen molar-refractivity contribution in [2.45, 2.75) is 38.1 Å². The van der Waals surface area contributed by atoms with E-state index in [1.165, 1.54) is 11.1 Å². The summed E-state index contributed by atoms with van der Waals surface area (Å²) >= 11 is 0. The van der Waals surface area contributed by atoms with Gasteiger partial charge in [0.1, 0.15) is 5.75 Å². The van der Waals surface area contributed by atoms with Crippen LogP contribution >= 0.6 is 0 Å². The predicted molar refractivity (Wildman–Crippen MR) is 138 cm³/mol. The average Bonchev–Trinajstić information content (AvgIpc) is 2.89. The number of methoxy groups -OCH3 is 2. The van der Waals surface area contributed by atoms with E-state index in [0.29, 0.717) is 6.61 Å². The largest absolute Gasteiger partial charge is 0.497 e. The second kappa shape index (κ2) is 10.5. The minimum absolute atomic E-state index is 0.0183. The van der Waals surface area contributed by atoms with Crippen molar-refractivity contribution in [2.24, 2.45) is 0 Å². The molecule has 0 bridgehead atoms. The molecule has 1 atom stereocenters. The number of benzene rings is 3. The molecule has 1 saturated heterocycles. The number of hydrogen-bond donors (Lipinski definition) is 1. The van der Waals surface area contributed by atoms with Gasteiger partial charge in [-0.2, -0.15) is 0 Å². The molecule has 0 spiro atoms. The Bertz CT molecular complexity index is 1160. The molecule has 3 aromatic rings. The van der Waals surface area contributed by atoms with Gasteiger partial charge in [0.2, 0.25) is 0 Å². The maximum Gasteiger partial charge on any atom is 0.322 e. The van der Waals surface area contributed by atoms with Crippen molar-refractivity contribution < 1.29 is 14.3 Å². The number of nitrogens with zero attached hydrogens (tertiary/aromatic N) is 2. The Kier molecular flexibility index (Phi) is 7.02. The van der Waals surface area contributed by atoms with Crippen LogP contribution in [0.15, 0.2) is 72.8 Å². The lowest BCUT2D eigenvalue weighted by Crippen LogP contribution is -2.52. The fourth-order valence-corrected chi connectivity index (χ4v) is 5.40. The van der Waals surface area contributed by atoms with Crippen molar-refractivity contribution in [2.75, 3.05) is 32.6 Å². The van der Waals surface area contributed by atoms with Crippen LogP contribution in [0.5, 0.6) is 5.75 Å². The van der Waals surface area contributed by atoms with Crippen LogP contribution in [0.25, 0.3) is 0 Å². The lowest BCUT2D eigenvalue weighted by molar-refractivity contribution is 0.105. The molecule has 182 valence electrons. The Hall–Kier alpha value is -3.35. The number of nitrogens with one attached hydrogen (secondary N) is 1. The first-order valence-electron chi connectivity index (χ1n) is 12.3. The number of carbonyl (C=O) groups is 1. The van der Waals surface area contributed by atoms with Crippen molar-refractivity contribution in [3.63, 3.8) is 0 Å². The number of para-hydroxylation sites is 1. The normalized spacial score (nSPS) is 18.7. The molecule has 6 heteroatoms. The summed E-state index contributed by atoms with van der Waals surface area (Å²) in [5.74, 6) is 0.816. The molecule has 2 amide bonds. The van der Waals surface area contributed by atoms with Gasteiger partial charge in [0.25, 0.3) is 0 Å². The average molecular weight is 472 g/mol. The monoisotopic (exact) mass is 471 g/mol. The number of piperidine rings is 1. The van der Waals surface area contributed by atoms with E-state index < -0.39 is 0 Å². The number of urea groups is 1. The summed E-state index contributed by atoms with van der Waals surface area (Å²) in [5, 5.41) is 3.14. The van der Waals surface area contributed by atoms with Crippen molar-refractivity contribution in [3.8, 4) is 5.75 Å². The van der Waals surface area contributed by atoms with E-state index in [0.717, 1.165) is 55.0 Å². The van der Waals surface area contributed by atoms with Gasteiger partial charge >= 0.3 is 6.03 Å². The van der Waals surface area contributed by atoms with E-state index in [1.807, 2.05) is 30.3 Å². The molecule has 2 aliphatic heterocycles. The van der Waals surface area contributed by atoms with Crippen molar-refractivity contribution in [1.29, 1.82) is 0 Å². The summed E-state index contributed by atoms with van der Waals surface area (Å²) in [7, 11) is 3.40. The maximum atomic E-state index is 13.4. The summed E-state index contributed by atoms with van der Waals surface area (Å²) in [6.07, 6.45) is 1.89. The highest BCUT2D eigenvalue weighted by atomic mass is 16.5. The highest BCUT2D eigenvalue weighted by Gasteiger charge is 2.39. The molecule has 35 heavy (non-hydrogen) atoms. The second-order valence-electron chi connectivity index (χ2n) is 9.36. The molecule has 3 aromatic carbocycles. The third-order valence-corrected chi connectivity index (χ3v) is 7.10. The predicted octanol–water partition coefficient (Wildman–Crippen LogP) is 5.44. The molecule has 0 aliphatic carbocycles. The topological polar surface area (TPSA) is 54.0 Å². The Morgan fingerprint density at radius 3 is 2.40 bits per heavy atom. The quantitative estimate of drug-likeness (QED) is 0.498. The molecular weight excluding hydrogens is 438 g/mol. The number of carbonyl (C=O) groups excluding carboxylic acids is 1. The molecular formula is C29H33N3O3. The first kappa shape index (κ1) is 23.4. The summed E-state index contributed by atoms with van der Waals surface area (Å²) in [5.41, 5.74) is 5.63. The maximum absolute atomic E-state index is 13.4. The van der Waals surface area contributed by atoms with Gasteiger partial charge < -0.3 is 19.7 Å². The number of fused-ring (bicyclic) bond motifs is 1. The van der Waals surface area contributed by atoms with E-state index >= 15 is 0 Å². The first-order chi connectivity index (χ1) is 17.2. The van der Waals surface area contributed by atoms with Crippen molar-refractivity contribution in [1.82, 2.24) is 9.80 Å². The van der Waals surface area contributed by atoms with Crippen LogP contribution in [-0.4, -0.2) is 49.2 Å². The van der Waals surface area contributed by atoms with Crippen LogP contribution in [0.1, 0.15) is 41.1 Å². The summed E-state index contributed by atoms with van der Waals surface area (Å²) < 4.78 is 10.7. The second-order valence-corrected chi connectivity index (χ2v) is 9.36. The molecule has 0 radical (unpaired) electrons. The minimum atomic E-state index is -0.117. The standard InChI is InChI=1S/C29H33N3O3/c1-34-20-22-7-5-6-21(18-22)19-31-16-14-24(15-17-31)32-28(23-10-12-25(35-2)13-11-23)26-8-3-4-9-27(26)30-29(32)33/h3-13,18,24,28H,14-17,19-20H2,1-2H3,(H,30,33). The van der Waals surface area contributed by atoms with E-state index in [2.05, 4.69) is 57.6 Å². The third-order valence-electron chi connectivity index (χ3n) is 7.10. The highest BCUT2D eigenvalue weighted by Crippen LogP contribution is 2.40. The number of anilines is 1. The molecule has 2 aliphatic rings. The molecule has 6 nitrogen and oxygen atoms in total. The molecule has 0 saturated carbocycles. The number of rotatable bonds is 7. The van der Waals surface area contributed by atoms with E-state index in [-0.39, 0.29) is 18.1 Å². The van der Waals surface area contributed by atoms with Gasteiger partial charge in [-0.3, -0.25) is 4.90 Å². The van der Waals surface area contributed by atoms with Gasteiger partial charge in [-0.05, 0) is 47.7 Å². The summed E-state index contributed by atoms with van der Waals surface area (Å²) in [6.45, 7) is 3.47. The Morgan fingerprint density at radius 2 is 1.66 bits per heavy atom. The van der Waals surface area contributed by atoms with Crippen LogP contribution in [-0.2, 0) is 17.9 Å². The third kappa shape index (κ3) is 5.04. The number of ether oxygens (including phenoxy) is 2. The number of hydrogen-bond acceptors (Lipinski definition) is 4. The summed E-state index contributed by atoms with van der Waals surface area (Å²) in [6, 6.07) is 24.9. The van der Waals surface area contributed by atoms with Gasteiger partial charge in [0.15, 0.2) is 0 Å². The molecule has 0 aromatic heterocycles. The van der Waals surface area contributed by atoms with Crippen LogP contribution in [0, 0.1) is 0 Å². The molecule has 2 heterocycles.